The second kappa shape index (κ2) is 7.45. The maximum absolute atomic E-state index is 3.94. The van der Waals surface area contributed by atoms with Crippen molar-refractivity contribution >= 4 is 0 Å². The number of aromatic nitrogens is 3. The van der Waals surface area contributed by atoms with Crippen molar-refractivity contribution in [3.63, 3.8) is 0 Å². The summed E-state index contributed by atoms with van der Waals surface area (Å²) in [5.74, 6) is 1.42. The molecule has 1 rings (SSSR count). The molecule has 0 fully saturated rings. The van der Waals surface area contributed by atoms with Crippen LogP contribution in [-0.4, -0.2) is 14.8 Å². The molecule has 0 aliphatic heterocycles. The molecule has 12 heavy (non-hydrogen) atoms. The molecule has 0 bridgehead atoms. The van der Waals surface area contributed by atoms with E-state index in [2.05, 4.69) is 30.3 Å². The van der Waals surface area contributed by atoms with E-state index in [9.17, 15) is 0 Å². The first-order valence-corrected chi connectivity index (χ1v) is 3.99. The van der Waals surface area contributed by atoms with Gasteiger partial charge in [0.2, 0.25) is 0 Å². The molecule has 0 N–H and O–H groups in total. The average Bonchev–Trinajstić information content (AvgIpc) is 2.39. The van der Waals surface area contributed by atoms with Gasteiger partial charge in [0.25, 0.3) is 0 Å². The number of aryl methyl sites for hydroxylation is 1. The normalized spacial score (nSPS) is 8.50. The van der Waals surface area contributed by atoms with Crippen molar-refractivity contribution in [1.29, 1.82) is 0 Å². The van der Waals surface area contributed by atoms with Crippen molar-refractivity contribution < 1.29 is 20.4 Å². The molecule has 0 saturated heterocycles. The molecule has 1 aromatic heterocycles. The van der Waals surface area contributed by atoms with Gasteiger partial charge >= 0.3 is 0 Å². The first-order chi connectivity index (χ1) is 5.22. The van der Waals surface area contributed by atoms with Gasteiger partial charge in [0, 0.05) is 27.5 Å². The fraction of sp³-hybridized carbons (Fsp3) is 0.750. The van der Waals surface area contributed by atoms with Gasteiger partial charge in [0.1, 0.15) is 0 Å². The van der Waals surface area contributed by atoms with E-state index in [4.69, 9.17) is 0 Å². The van der Waals surface area contributed by atoms with Gasteiger partial charge in [-0.2, -0.15) is 0 Å². The Kier molecular flexibility index (Phi) is 8.90. The van der Waals surface area contributed by atoms with Crippen LogP contribution in [0.3, 0.4) is 0 Å². The van der Waals surface area contributed by atoms with E-state index in [1.807, 2.05) is 20.9 Å². The molecule has 0 saturated carbocycles. The van der Waals surface area contributed by atoms with Gasteiger partial charge in [-0.3, -0.25) is 5.10 Å². The standard InChI is InChI=1S/C6H10N3.C2H6.Re/c1-5(2)6-7-4-8-9(6)3;1-2;/h5H,1-3H3;1-2H3;/q-1;;. The van der Waals surface area contributed by atoms with Crippen molar-refractivity contribution in [2.45, 2.75) is 33.6 Å². The topological polar surface area (TPSA) is 30.7 Å². The molecular formula is C8H16N3Re-. The zero-order valence-electron chi connectivity index (χ0n) is 8.30. The van der Waals surface area contributed by atoms with Crippen LogP contribution < -0.4 is 0 Å². The minimum Gasteiger partial charge on any atom is -0.417 e. The predicted molar refractivity (Wildman–Crippen MR) is 45.3 cm³/mol. The number of nitrogens with zero attached hydrogens (tertiary/aromatic N) is 3. The number of rotatable bonds is 1. The van der Waals surface area contributed by atoms with Crippen LogP contribution in [0.2, 0.25) is 0 Å². The monoisotopic (exact) mass is 341 g/mol. The Hall–Kier alpha value is -0.198. The molecule has 1 radical (unpaired) electrons. The zero-order chi connectivity index (χ0) is 8.85. The van der Waals surface area contributed by atoms with Gasteiger partial charge in [-0.05, 0) is 12.2 Å². The predicted octanol–water partition coefficient (Wildman–Crippen LogP) is 1.76. The van der Waals surface area contributed by atoms with Crippen LogP contribution in [0, 0.1) is 6.33 Å². The molecule has 0 unspecified atom stereocenters. The Morgan fingerprint density at radius 3 is 2.00 bits per heavy atom. The number of hydrogen-bond donors (Lipinski definition) is 0. The van der Waals surface area contributed by atoms with E-state index in [1.54, 1.807) is 4.68 Å². The van der Waals surface area contributed by atoms with Gasteiger partial charge in [-0.15, -0.1) is 0 Å². The van der Waals surface area contributed by atoms with Crippen molar-refractivity contribution in [2.75, 3.05) is 0 Å². The second-order valence-electron chi connectivity index (χ2n) is 2.35. The Morgan fingerprint density at radius 1 is 1.33 bits per heavy atom. The van der Waals surface area contributed by atoms with E-state index >= 15 is 0 Å². The molecule has 3 nitrogen and oxygen atoms in total. The van der Waals surface area contributed by atoms with Crippen molar-refractivity contribution in [3.8, 4) is 0 Å². The Balaban J connectivity index is 0. The van der Waals surface area contributed by atoms with Gasteiger partial charge in [0.05, 0.1) is 0 Å². The van der Waals surface area contributed by atoms with Crippen LogP contribution >= 0.6 is 0 Å². The average molecular weight is 340 g/mol. The molecule has 0 aliphatic rings. The Morgan fingerprint density at radius 2 is 1.83 bits per heavy atom. The van der Waals surface area contributed by atoms with Crippen LogP contribution in [0.1, 0.15) is 39.4 Å². The minimum atomic E-state index is 0. The molecule has 1 aromatic rings. The van der Waals surface area contributed by atoms with Crippen LogP contribution in [0.25, 0.3) is 0 Å². The summed E-state index contributed by atoms with van der Waals surface area (Å²) in [6.07, 6.45) is 2.54. The summed E-state index contributed by atoms with van der Waals surface area (Å²) in [5, 5.41) is 3.82. The Bertz CT molecular complexity index is 196. The largest absolute Gasteiger partial charge is 0.417 e. The zero-order valence-corrected chi connectivity index (χ0v) is 11.0. The maximum atomic E-state index is 3.94. The summed E-state index contributed by atoms with van der Waals surface area (Å²) in [6.45, 7) is 8.16. The smallest absolute Gasteiger partial charge is 0.0107 e. The molecule has 71 valence electrons. The third-order valence-electron chi connectivity index (χ3n) is 1.21. The molecular weight excluding hydrogens is 324 g/mol. The van der Waals surface area contributed by atoms with E-state index < -0.39 is 0 Å². The second-order valence-corrected chi connectivity index (χ2v) is 2.35. The quantitative estimate of drug-likeness (QED) is 0.730. The van der Waals surface area contributed by atoms with Crippen LogP contribution in [-0.2, 0) is 27.5 Å². The molecule has 0 aliphatic carbocycles. The van der Waals surface area contributed by atoms with Crippen LogP contribution in [0.15, 0.2) is 0 Å². The summed E-state index contributed by atoms with van der Waals surface area (Å²) in [6, 6.07) is 0. The van der Waals surface area contributed by atoms with E-state index in [0.717, 1.165) is 5.82 Å². The first kappa shape index (κ1) is 14.3. The fourth-order valence-corrected chi connectivity index (χ4v) is 0.767. The summed E-state index contributed by atoms with van der Waals surface area (Å²) >= 11 is 0. The summed E-state index contributed by atoms with van der Waals surface area (Å²) in [7, 11) is 1.87. The Labute approximate surface area is 88.2 Å². The van der Waals surface area contributed by atoms with Gasteiger partial charge in [-0.25, -0.2) is 0 Å². The van der Waals surface area contributed by atoms with E-state index in [1.165, 1.54) is 0 Å². The molecule has 1 heterocycles. The summed E-state index contributed by atoms with van der Waals surface area (Å²) in [4.78, 5) is 3.94. The minimum absolute atomic E-state index is 0. The molecule has 4 heteroatoms. The maximum Gasteiger partial charge on any atom is 0.0107 e. The fourth-order valence-electron chi connectivity index (χ4n) is 0.767. The van der Waals surface area contributed by atoms with Gasteiger partial charge < -0.3 is 9.67 Å². The van der Waals surface area contributed by atoms with Crippen LogP contribution in [0.4, 0.5) is 0 Å². The van der Waals surface area contributed by atoms with Crippen molar-refractivity contribution in [1.82, 2.24) is 14.8 Å². The third-order valence-corrected chi connectivity index (χ3v) is 1.21. The van der Waals surface area contributed by atoms with E-state index in [0.29, 0.717) is 5.92 Å². The van der Waals surface area contributed by atoms with Crippen molar-refractivity contribution in [2.24, 2.45) is 7.05 Å². The first-order valence-electron chi connectivity index (χ1n) is 3.99. The summed E-state index contributed by atoms with van der Waals surface area (Å²) in [5.41, 5.74) is 0. The number of hydrogen-bond acceptors (Lipinski definition) is 2. The molecule has 0 atom stereocenters. The third kappa shape index (κ3) is 3.99. The van der Waals surface area contributed by atoms with E-state index in [-0.39, 0.29) is 20.4 Å². The SMILES string of the molecule is CC.CC(C)c1n[c-]nn1C.[Re]. The molecule has 0 aromatic carbocycles. The molecule has 0 spiro atoms. The van der Waals surface area contributed by atoms with Crippen LogP contribution in [0.5, 0.6) is 0 Å². The van der Waals surface area contributed by atoms with Gasteiger partial charge in [-0.1, -0.05) is 33.6 Å². The van der Waals surface area contributed by atoms with Crippen molar-refractivity contribution in [3.05, 3.63) is 12.2 Å². The summed E-state index contributed by atoms with van der Waals surface area (Å²) < 4.78 is 1.74. The van der Waals surface area contributed by atoms with Gasteiger partial charge in [0.15, 0.2) is 0 Å². The molecule has 0 amide bonds.